The van der Waals surface area contributed by atoms with E-state index in [1.54, 1.807) is 7.11 Å². The lowest BCUT2D eigenvalue weighted by Crippen LogP contribution is -2.28. The lowest BCUT2D eigenvalue weighted by atomic mass is 9.77. The van der Waals surface area contributed by atoms with Gasteiger partial charge in [-0.15, -0.1) is 0 Å². The number of carbonyl (C=O) groups is 1. The van der Waals surface area contributed by atoms with E-state index in [1.807, 2.05) is 42.5 Å². The highest BCUT2D eigenvalue weighted by Crippen LogP contribution is 2.54. The highest BCUT2D eigenvalue weighted by atomic mass is 79.9. The summed E-state index contributed by atoms with van der Waals surface area (Å²) in [5, 5.41) is 0. The number of carbonyl (C=O) groups excluding carboxylic acids is 1. The Bertz CT molecular complexity index is 922. The molecule has 1 aliphatic heterocycles. The molecule has 0 amide bonds. The fraction of sp³-hybridized carbons (Fsp3) is 0.348. The van der Waals surface area contributed by atoms with Gasteiger partial charge in [-0.2, -0.15) is 0 Å². The summed E-state index contributed by atoms with van der Waals surface area (Å²) in [4.78, 5) is 12.4. The molecule has 2 aromatic carbocycles. The molecule has 4 rings (SSSR count). The standard InChI is InChI=1S/C23H23BrO4/c1-13(21(26-2)14-8-4-6-10-18(14)24)16-12-17(23(25)27-3)22-20(16)15-9-5-7-11-19(15)28-22/h4-13,16,20-22H,1-3H3. The predicted molar refractivity (Wildman–Crippen MR) is 110 cm³/mol. The molecule has 0 aromatic heterocycles. The van der Waals surface area contributed by atoms with Gasteiger partial charge in [-0.1, -0.05) is 65.3 Å². The van der Waals surface area contributed by atoms with Crippen molar-refractivity contribution in [2.75, 3.05) is 14.2 Å². The number of para-hydroxylation sites is 1. The van der Waals surface area contributed by atoms with Gasteiger partial charge in [0.15, 0.2) is 0 Å². The summed E-state index contributed by atoms with van der Waals surface area (Å²) in [5.41, 5.74) is 2.84. The average molecular weight is 443 g/mol. The second-order valence-corrected chi connectivity index (χ2v) is 8.18. The maximum atomic E-state index is 12.4. The van der Waals surface area contributed by atoms with E-state index < -0.39 is 0 Å². The Morgan fingerprint density at radius 1 is 1.11 bits per heavy atom. The molecular weight excluding hydrogens is 420 g/mol. The van der Waals surface area contributed by atoms with Crippen LogP contribution in [0, 0.1) is 11.8 Å². The van der Waals surface area contributed by atoms with E-state index in [0.29, 0.717) is 5.57 Å². The van der Waals surface area contributed by atoms with Crippen LogP contribution in [0.1, 0.15) is 30.1 Å². The number of hydrogen-bond donors (Lipinski definition) is 0. The van der Waals surface area contributed by atoms with E-state index in [0.717, 1.165) is 21.3 Å². The monoisotopic (exact) mass is 442 g/mol. The van der Waals surface area contributed by atoms with Crippen molar-refractivity contribution in [3.63, 3.8) is 0 Å². The summed E-state index contributed by atoms with van der Waals surface area (Å²) in [5.74, 6) is 0.791. The zero-order valence-electron chi connectivity index (χ0n) is 16.1. The molecular formula is C23H23BrO4. The molecule has 0 N–H and O–H groups in total. The third kappa shape index (κ3) is 3.07. The molecule has 0 fully saturated rings. The van der Waals surface area contributed by atoms with Crippen LogP contribution in [0.2, 0.25) is 0 Å². The van der Waals surface area contributed by atoms with Crippen LogP contribution in [-0.4, -0.2) is 26.3 Å². The number of hydrogen-bond acceptors (Lipinski definition) is 4. The molecule has 5 atom stereocenters. The van der Waals surface area contributed by atoms with E-state index >= 15 is 0 Å². The summed E-state index contributed by atoms with van der Waals surface area (Å²) >= 11 is 3.65. The summed E-state index contributed by atoms with van der Waals surface area (Å²) in [6.45, 7) is 2.17. The van der Waals surface area contributed by atoms with Gasteiger partial charge in [-0.05, 0) is 29.5 Å². The summed E-state index contributed by atoms with van der Waals surface area (Å²) in [6.07, 6.45) is 1.60. The molecule has 0 bridgehead atoms. The number of halogens is 1. The predicted octanol–water partition coefficient (Wildman–Crippen LogP) is 5.05. The van der Waals surface area contributed by atoms with E-state index in [2.05, 4.69) is 35.0 Å². The second-order valence-electron chi connectivity index (χ2n) is 7.33. The van der Waals surface area contributed by atoms with Crippen LogP contribution in [-0.2, 0) is 14.3 Å². The zero-order chi connectivity index (χ0) is 19.8. The van der Waals surface area contributed by atoms with Gasteiger partial charge in [0.2, 0.25) is 0 Å². The minimum atomic E-state index is -0.327. The zero-order valence-corrected chi connectivity index (χ0v) is 17.7. The first-order valence-electron chi connectivity index (χ1n) is 9.39. The molecule has 0 saturated heterocycles. The van der Waals surface area contributed by atoms with Crippen molar-refractivity contribution < 1.29 is 19.0 Å². The Kier molecular flexibility index (Phi) is 5.30. The molecule has 2 aliphatic rings. The van der Waals surface area contributed by atoms with E-state index in [1.165, 1.54) is 7.11 Å². The quantitative estimate of drug-likeness (QED) is 0.607. The van der Waals surface area contributed by atoms with Gasteiger partial charge in [0.25, 0.3) is 0 Å². The molecule has 0 saturated carbocycles. The number of allylic oxidation sites excluding steroid dienone is 1. The highest BCUT2D eigenvalue weighted by Gasteiger charge is 2.50. The Morgan fingerprint density at radius 2 is 1.82 bits per heavy atom. The van der Waals surface area contributed by atoms with E-state index in [4.69, 9.17) is 14.2 Å². The van der Waals surface area contributed by atoms with Gasteiger partial charge in [0.1, 0.15) is 11.9 Å². The normalized spacial score (nSPS) is 24.6. The third-order valence-corrected chi connectivity index (χ3v) is 6.65. The molecule has 5 unspecified atom stereocenters. The van der Waals surface area contributed by atoms with Gasteiger partial charge < -0.3 is 14.2 Å². The van der Waals surface area contributed by atoms with Gasteiger partial charge in [-0.25, -0.2) is 4.79 Å². The van der Waals surface area contributed by atoms with Crippen molar-refractivity contribution in [2.45, 2.75) is 25.0 Å². The van der Waals surface area contributed by atoms with E-state index in [-0.39, 0.29) is 35.9 Å². The van der Waals surface area contributed by atoms with Crippen LogP contribution in [0.3, 0.4) is 0 Å². The van der Waals surface area contributed by atoms with Gasteiger partial charge in [0, 0.05) is 23.1 Å². The average Bonchev–Trinajstić information content (AvgIpc) is 3.26. The number of benzene rings is 2. The molecule has 0 radical (unpaired) electrons. The van der Waals surface area contributed by atoms with Crippen LogP contribution < -0.4 is 4.74 Å². The lowest BCUT2D eigenvalue weighted by molar-refractivity contribution is -0.136. The third-order valence-electron chi connectivity index (χ3n) is 5.92. The first-order chi connectivity index (χ1) is 13.6. The minimum Gasteiger partial charge on any atom is -0.484 e. The fourth-order valence-electron chi connectivity index (χ4n) is 4.62. The van der Waals surface area contributed by atoms with Crippen molar-refractivity contribution in [1.29, 1.82) is 0 Å². The summed E-state index contributed by atoms with van der Waals surface area (Å²) < 4.78 is 18.2. The Balaban J connectivity index is 1.75. The Morgan fingerprint density at radius 3 is 2.54 bits per heavy atom. The van der Waals surface area contributed by atoms with Gasteiger partial charge in [-0.3, -0.25) is 0 Å². The first-order valence-corrected chi connectivity index (χ1v) is 10.2. The molecule has 146 valence electrons. The fourth-order valence-corrected chi connectivity index (χ4v) is 5.13. The molecule has 1 aliphatic carbocycles. The van der Waals surface area contributed by atoms with Crippen molar-refractivity contribution >= 4 is 21.9 Å². The van der Waals surface area contributed by atoms with E-state index in [9.17, 15) is 4.79 Å². The molecule has 4 nitrogen and oxygen atoms in total. The molecule has 5 heteroatoms. The number of rotatable bonds is 5. The highest BCUT2D eigenvalue weighted by molar-refractivity contribution is 9.10. The van der Waals surface area contributed by atoms with Crippen molar-refractivity contribution in [3.05, 3.63) is 75.8 Å². The van der Waals surface area contributed by atoms with Crippen LogP contribution in [0.25, 0.3) is 0 Å². The topological polar surface area (TPSA) is 44.8 Å². The van der Waals surface area contributed by atoms with Crippen LogP contribution in [0.5, 0.6) is 5.75 Å². The van der Waals surface area contributed by atoms with Crippen molar-refractivity contribution in [2.24, 2.45) is 11.8 Å². The Hall–Kier alpha value is -2.11. The smallest absolute Gasteiger partial charge is 0.337 e. The maximum Gasteiger partial charge on any atom is 0.337 e. The SMILES string of the molecule is COC(=O)C1=CC(C(C)C(OC)c2ccccc2Br)C2c3ccccc3OC12. The molecule has 28 heavy (non-hydrogen) atoms. The minimum absolute atomic E-state index is 0.0698. The lowest BCUT2D eigenvalue weighted by Gasteiger charge is -2.31. The van der Waals surface area contributed by atoms with Crippen LogP contribution in [0.15, 0.2) is 64.7 Å². The number of methoxy groups -OCH3 is 2. The number of fused-ring (bicyclic) bond motifs is 3. The van der Waals surface area contributed by atoms with Gasteiger partial charge >= 0.3 is 5.97 Å². The number of ether oxygens (including phenoxy) is 3. The molecule has 0 spiro atoms. The van der Waals surface area contributed by atoms with Crippen LogP contribution in [0.4, 0.5) is 0 Å². The molecule has 2 aromatic rings. The van der Waals surface area contributed by atoms with Crippen molar-refractivity contribution in [3.8, 4) is 5.75 Å². The largest absolute Gasteiger partial charge is 0.484 e. The van der Waals surface area contributed by atoms with Crippen molar-refractivity contribution in [1.82, 2.24) is 0 Å². The summed E-state index contributed by atoms with van der Waals surface area (Å²) in [6, 6.07) is 16.1. The first kappa shape index (κ1) is 19.2. The number of esters is 1. The maximum absolute atomic E-state index is 12.4. The molecule has 1 heterocycles. The second kappa shape index (κ2) is 7.72. The summed E-state index contributed by atoms with van der Waals surface area (Å²) in [7, 11) is 3.15. The van der Waals surface area contributed by atoms with Gasteiger partial charge in [0.05, 0.1) is 18.8 Å². The van der Waals surface area contributed by atoms with Crippen LogP contribution >= 0.6 is 15.9 Å². The Labute approximate surface area is 173 Å².